The number of fused-ring (bicyclic) bond motifs is 1. The number of furan rings is 1. The Hall–Kier alpha value is -3.94. The van der Waals surface area contributed by atoms with Gasteiger partial charge in [-0.25, -0.2) is 14.4 Å². The van der Waals surface area contributed by atoms with Gasteiger partial charge in [0.1, 0.15) is 29.3 Å². The fourth-order valence-corrected chi connectivity index (χ4v) is 3.47. The molecule has 0 aliphatic rings. The summed E-state index contributed by atoms with van der Waals surface area (Å²) in [4.78, 5) is 19.6. The standard InChI is InChI=1S/C24H22FN3O4/c1-2-31-21-10-16(3-4-17(21)11-24(29)30)20-13-23(28-14-27-20)26-7-5-15-9-18-6-8-32-22(18)12-19(15)25/h3-4,6,8-10,12-14H,2,5,7,11H2,1H3,(H,29,30)(H,26,27,28). The van der Waals surface area contributed by atoms with Crippen molar-refractivity contribution in [2.75, 3.05) is 18.5 Å². The lowest BCUT2D eigenvalue weighted by atomic mass is 10.1. The van der Waals surface area contributed by atoms with Gasteiger partial charge in [0.15, 0.2) is 0 Å². The number of anilines is 1. The molecule has 0 saturated heterocycles. The maximum Gasteiger partial charge on any atom is 0.307 e. The maximum absolute atomic E-state index is 14.3. The summed E-state index contributed by atoms with van der Waals surface area (Å²) in [7, 11) is 0. The van der Waals surface area contributed by atoms with Crippen molar-refractivity contribution in [1.82, 2.24) is 9.97 Å². The third-order valence-electron chi connectivity index (χ3n) is 4.99. The highest BCUT2D eigenvalue weighted by atomic mass is 19.1. The average molecular weight is 435 g/mol. The minimum Gasteiger partial charge on any atom is -0.494 e. The number of benzene rings is 2. The second-order valence-corrected chi connectivity index (χ2v) is 7.19. The van der Waals surface area contributed by atoms with E-state index < -0.39 is 5.97 Å². The highest BCUT2D eigenvalue weighted by Crippen LogP contribution is 2.28. The number of carboxylic acid groups (broad SMARTS) is 1. The smallest absolute Gasteiger partial charge is 0.307 e. The zero-order valence-corrected chi connectivity index (χ0v) is 17.5. The van der Waals surface area contributed by atoms with E-state index in [0.717, 1.165) is 10.9 Å². The summed E-state index contributed by atoms with van der Waals surface area (Å²) in [6.07, 6.45) is 3.35. The summed E-state index contributed by atoms with van der Waals surface area (Å²) in [6, 6.07) is 12.1. The third-order valence-corrected chi connectivity index (χ3v) is 4.99. The fraction of sp³-hybridized carbons (Fsp3) is 0.208. The van der Waals surface area contributed by atoms with Crippen LogP contribution < -0.4 is 10.1 Å². The molecule has 2 aromatic carbocycles. The van der Waals surface area contributed by atoms with E-state index >= 15 is 0 Å². The summed E-state index contributed by atoms with van der Waals surface area (Å²) < 4.78 is 25.1. The van der Waals surface area contributed by atoms with Crippen LogP contribution in [0.2, 0.25) is 0 Å². The van der Waals surface area contributed by atoms with Gasteiger partial charge in [-0.1, -0.05) is 12.1 Å². The van der Waals surface area contributed by atoms with Gasteiger partial charge in [0.05, 0.1) is 25.0 Å². The van der Waals surface area contributed by atoms with Crippen LogP contribution in [0, 0.1) is 5.82 Å². The number of ether oxygens (including phenoxy) is 1. The van der Waals surface area contributed by atoms with Crippen LogP contribution in [0.15, 0.2) is 59.5 Å². The molecule has 2 N–H and O–H groups in total. The Labute approximate surface area is 183 Å². The van der Waals surface area contributed by atoms with E-state index in [2.05, 4.69) is 15.3 Å². The molecular weight excluding hydrogens is 413 g/mol. The van der Waals surface area contributed by atoms with Gasteiger partial charge in [0.25, 0.3) is 0 Å². The Kier molecular flexibility index (Phi) is 6.30. The minimum atomic E-state index is -0.921. The lowest BCUT2D eigenvalue weighted by molar-refractivity contribution is -0.136. The van der Waals surface area contributed by atoms with Gasteiger partial charge in [0, 0.05) is 35.2 Å². The van der Waals surface area contributed by atoms with Crippen LogP contribution >= 0.6 is 0 Å². The molecule has 32 heavy (non-hydrogen) atoms. The lowest BCUT2D eigenvalue weighted by Gasteiger charge is -2.12. The zero-order valence-electron chi connectivity index (χ0n) is 17.5. The van der Waals surface area contributed by atoms with Gasteiger partial charge in [-0.05, 0) is 37.1 Å². The molecular formula is C24H22FN3O4. The van der Waals surface area contributed by atoms with Crippen LogP contribution in [0.5, 0.6) is 5.75 Å². The number of halogens is 1. The molecule has 7 nitrogen and oxygen atoms in total. The number of aliphatic carboxylic acids is 1. The molecule has 0 atom stereocenters. The SMILES string of the molecule is CCOc1cc(-c2cc(NCCc3cc4ccoc4cc3F)ncn2)ccc1CC(=O)O. The number of carbonyl (C=O) groups is 1. The Morgan fingerprint density at radius 2 is 2.03 bits per heavy atom. The molecule has 0 spiro atoms. The third kappa shape index (κ3) is 4.85. The van der Waals surface area contributed by atoms with Crippen LogP contribution in [0.3, 0.4) is 0 Å². The van der Waals surface area contributed by atoms with Crippen molar-refractivity contribution in [1.29, 1.82) is 0 Å². The molecule has 0 bridgehead atoms. The van der Waals surface area contributed by atoms with Gasteiger partial charge >= 0.3 is 5.97 Å². The van der Waals surface area contributed by atoms with Gasteiger partial charge in [-0.15, -0.1) is 0 Å². The van der Waals surface area contributed by atoms with Crippen LogP contribution in [0.1, 0.15) is 18.1 Å². The lowest BCUT2D eigenvalue weighted by Crippen LogP contribution is -2.08. The molecule has 0 fully saturated rings. The van der Waals surface area contributed by atoms with E-state index in [1.54, 1.807) is 36.6 Å². The number of nitrogens with zero attached hydrogens (tertiary/aromatic N) is 2. The van der Waals surface area contributed by atoms with Crippen molar-refractivity contribution in [3.05, 3.63) is 72.0 Å². The summed E-state index contributed by atoms with van der Waals surface area (Å²) in [6.45, 7) is 2.75. The first-order valence-corrected chi connectivity index (χ1v) is 10.2. The van der Waals surface area contributed by atoms with E-state index in [0.29, 0.717) is 53.5 Å². The van der Waals surface area contributed by atoms with Crippen LogP contribution in [0.4, 0.5) is 10.2 Å². The number of rotatable bonds is 9. The normalized spacial score (nSPS) is 10.9. The van der Waals surface area contributed by atoms with E-state index in [9.17, 15) is 9.18 Å². The number of carboxylic acids is 1. The molecule has 0 aliphatic carbocycles. The Bertz CT molecular complexity index is 1260. The molecule has 0 aliphatic heterocycles. The van der Waals surface area contributed by atoms with Gasteiger partial charge in [-0.3, -0.25) is 4.79 Å². The molecule has 4 aromatic rings. The second kappa shape index (κ2) is 9.47. The largest absolute Gasteiger partial charge is 0.494 e. The summed E-state index contributed by atoms with van der Waals surface area (Å²) in [5.41, 5.74) is 3.17. The molecule has 0 unspecified atom stereocenters. The predicted molar refractivity (Wildman–Crippen MR) is 118 cm³/mol. The van der Waals surface area contributed by atoms with Crippen LogP contribution in [0.25, 0.3) is 22.2 Å². The van der Waals surface area contributed by atoms with Gasteiger partial charge in [0.2, 0.25) is 0 Å². The van der Waals surface area contributed by atoms with Crippen LogP contribution in [-0.4, -0.2) is 34.2 Å². The highest BCUT2D eigenvalue weighted by molar-refractivity contribution is 5.78. The minimum absolute atomic E-state index is 0.118. The monoisotopic (exact) mass is 435 g/mol. The van der Waals surface area contributed by atoms with E-state index in [1.165, 1.54) is 12.4 Å². The van der Waals surface area contributed by atoms with Crippen molar-refractivity contribution >= 4 is 22.8 Å². The molecule has 8 heteroatoms. The van der Waals surface area contributed by atoms with Gasteiger partial charge < -0.3 is 19.6 Å². The van der Waals surface area contributed by atoms with Crippen molar-refractivity contribution < 1.29 is 23.4 Å². The fourth-order valence-electron chi connectivity index (χ4n) is 3.47. The van der Waals surface area contributed by atoms with Crippen molar-refractivity contribution in [2.45, 2.75) is 19.8 Å². The molecule has 4 rings (SSSR count). The van der Waals surface area contributed by atoms with E-state index in [4.69, 9.17) is 14.3 Å². The first-order chi connectivity index (χ1) is 15.5. The molecule has 0 radical (unpaired) electrons. The number of aromatic nitrogens is 2. The summed E-state index contributed by atoms with van der Waals surface area (Å²) in [5.74, 6) is -0.101. The predicted octanol–water partition coefficient (Wildman–Crippen LogP) is 4.71. The second-order valence-electron chi connectivity index (χ2n) is 7.19. The highest BCUT2D eigenvalue weighted by Gasteiger charge is 2.12. The summed E-state index contributed by atoms with van der Waals surface area (Å²) >= 11 is 0. The van der Waals surface area contributed by atoms with Crippen molar-refractivity contribution in [2.24, 2.45) is 0 Å². The molecule has 2 heterocycles. The Morgan fingerprint density at radius 1 is 1.16 bits per heavy atom. The first kappa shape index (κ1) is 21.3. The topological polar surface area (TPSA) is 97.5 Å². The van der Waals surface area contributed by atoms with Crippen molar-refractivity contribution in [3.63, 3.8) is 0 Å². The zero-order chi connectivity index (χ0) is 22.5. The Morgan fingerprint density at radius 3 is 2.84 bits per heavy atom. The number of hydrogen-bond donors (Lipinski definition) is 2. The number of nitrogens with one attached hydrogen (secondary N) is 1. The van der Waals surface area contributed by atoms with Crippen LogP contribution in [-0.2, 0) is 17.6 Å². The first-order valence-electron chi connectivity index (χ1n) is 10.2. The van der Waals surface area contributed by atoms with Gasteiger partial charge in [-0.2, -0.15) is 0 Å². The summed E-state index contributed by atoms with van der Waals surface area (Å²) in [5, 5.41) is 13.2. The molecule has 0 saturated carbocycles. The maximum atomic E-state index is 14.3. The van der Waals surface area contributed by atoms with Crippen molar-refractivity contribution in [3.8, 4) is 17.0 Å². The number of hydrogen-bond acceptors (Lipinski definition) is 6. The average Bonchev–Trinajstić information content (AvgIpc) is 3.22. The van der Waals surface area contributed by atoms with E-state index in [-0.39, 0.29) is 12.2 Å². The molecule has 0 amide bonds. The van der Waals surface area contributed by atoms with E-state index in [1.807, 2.05) is 13.0 Å². The Balaban J connectivity index is 1.47. The molecule has 2 aromatic heterocycles. The quantitative estimate of drug-likeness (QED) is 0.393. The molecule has 164 valence electrons.